The van der Waals surface area contributed by atoms with Gasteiger partial charge in [-0.05, 0) is 39.0 Å². The predicted molar refractivity (Wildman–Crippen MR) is 61.3 cm³/mol. The van der Waals surface area contributed by atoms with E-state index in [-0.39, 0.29) is 0 Å². The summed E-state index contributed by atoms with van der Waals surface area (Å²) >= 11 is 5.77. The Morgan fingerprint density at radius 1 is 1.40 bits per heavy atom. The monoisotopic (exact) mass is 227 g/mol. The Morgan fingerprint density at radius 3 is 2.60 bits per heavy atom. The molecule has 0 radical (unpaired) electrons. The van der Waals surface area contributed by atoms with Gasteiger partial charge < -0.3 is 4.74 Å². The van der Waals surface area contributed by atoms with E-state index in [0.717, 1.165) is 0 Å². The average molecular weight is 228 g/mol. The zero-order valence-corrected chi connectivity index (χ0v) is 9.76. The highest BCUT2D eigenvalue weighted by molar-refractivity contribution is 6.30. The SMILES string of the molecule is CC(C)(C)OC(=O)Nc1cccc(Cl)c1. The third kappa shape index (κ3) is 4.70. The first-order chi connectivity index (χ1) is 6.87. The van der Waals surface area contributed by atoms with Gasteiger partial charge in [0.1, 0.15) is 5.60 Å². The summed E-state index contributed by atoms with van der Waals surface area (Å²) in [5, 5.41) is 3.17. The number of nitrogens with one attached hydrogen (secondary N) is 1. The van der Waals surface area contributed by atoms with E-state index >= 15 is 0 Å². The number of carbonyl (C=O) groups is 1. The van der Waals surface area contributed by atoms with Crippen LogP contribution in [0.5, 0.6) is 0 Å². The lowest BCUT2D eigenvalue weighted by Gasteiger charge is -2.19. The van der Waals surface area contributed by atoms with Crippen LogP contribution in [0.1, 0.15) is 20.8 Å². The van der Waals surface area contributed by atoms with E-state index in [2.05, 4.69) is 5.32 Å². The minimum absolute atomic E-state index is 0.482. The Morgan fingerprint density at radius 2 is 2.07 bits per heavy atom. The lowest BCUT2D eigenvalue weighted by atomic mass is 10.2. The number of carbonyl (C=O) groups excluding carboxylic acids is 1. The molecule has 3 nitrogen and oxygen atoms in total. The maximum absolute atomic E-state index is 11.4. The fraction of sp³-hybridized carbons (Fsp3) is 0.364. The number of benzene rings is 1. The third-order valence-corrected chi connectivity index (χ3v) is 1.70. The lowest BCUT2D eigenvalue weighted by molar-refractivity contribution is 0.0636. The van der Waals surface area contributed by atoms with Crippen molar-refractivity contribution in [2.45, 2.75) is 26.4 Å². The summed E-state index contributed by atoms with van der Waals surface area (Å²) in [6.07, 6.45) is -0.482. The van der Waals surface area contributed by atoms with Crippen LogP contribution >= 0.6 is 11.6 Å². The van der Waals surface area contributed by atoms with Crippen molar-refractivity contribution in [1.82, 2.24) is 0 Å². The highest BCUT2D eigenvalue weighted by Gasteiger charge is 2.15. The van der Waals surface area contributed by atoms with Gasteiger partial charge in [-0.3, -0.25) is 5.32 Å². The lowest BCUT2D eigenvalue weighted by Crippen LogP contribution is -2.27. The van der Waals surface area contributed by atoms with E-state index in [9.17, 15) is 4.79 Å². The van der Waals surface area contributed by atoms with Gasteiger partial charge >= 0.3 is 6.09 Å². The molecule has 0 aliphatic carbocycles. The van der Waals surface area contributed by atoms with Crippen molar-refractivity contribution < 1.29 is 9.53 Å². The molecule has 15 heavy (non-hydrogen) atoms. The summed E-state index contributed by atoms with van der Waals surface area (Å²) in [4.78, 5) is 11.4. The van der Waals surface area contributed by atoms with E-state index < -0.39 is 11.7 Å². The third-order valence-electron chi connectivity index (χ3n) is 1.47. The van der Waals surface area contributed by atoms with Crippen LogP contribution < -0.4 is 5.32 Å². The van der Waals surface area contributed by atoms with Gasteiger partial charge in [0.25, 0.3) is 0 Å². The Kier molecular flexibility index (Phi) is 3.58. The van der Waals surface area contributed by atoms with Crippen molar-refractivity contribution in [1.29, 1.82) is 0 Å². The standard InChI is InChI=1S/C11H14ClNO2/c1-11(2,3)15-10(14)13-9-6-4-5-8(12)7-9/h4-7H,1-3H3,(H,13,14). The van der Waals surface area contributed by atoms with Gasteiger partial charge in [-0.25, -0.2) is 4.79 Å². The van der Waals surface area contributed by atoms with Gasteiger partial charge in [0.15, 0.2) is 0 Å². The predicted octanol–water partition coefficient (Wildman–Crippen LogP) is 3.69. The van der Waals surface area contributed by atoms with Gasteiger partial charge in [-0.2, -0.15) is 0 Å². The fourth-order valence-corrected chi connectivity index (χ4v) is 1.18. The zero-order valence-electron chi connectivity index (χ0n) is 9.00. The molecular weight excluding hydrogens is 214 g/mol. The molecule has 0 spiro atoms. The molecule has 1 rings (SSSR count). The summed E-state index contributed by atoms with van der Waals surface area (Å²) in [6, 6.07) is 6.90. The first-order valence-electron chi connectivity index (χ1n) is 4.62. The molecule has 0 atom stereocenters. The quantitative estimate of drug-likeness (QED) is 0.795. The molecule has 1 amide bonds. The van der Waals surface area contributed by atoms with E-state index in [1.54, 1.807) is 24.3 Å². The van der Waals surface area contributed by atoms with Crippen LogP contribution in [0.2, 0.25) is 5.02 Å². The van der Waals surface area contributed by atoms with E-state index in [1.807, 2.05) is 20.8 Å². The number of anilines is 1. The first kappa shape index (κ1) is 11.9. The minimum Gasteiger partial charge on any atom is -0.444 e. The molecule has 0 saturated heterocycles. The van der Waals surface area contributed by atoms with Crippen LogP contribution in [-0.4, -0.2) is 11.7 Å². The molecular formula is C11H14ClNO2. The molecule has 82 valence electrons. The topological polar surface area (TPSA) is 38.3 Å². The van der Waals surface area contributed by atoms with Crippen molar-refractivity contribution in [3.8, 4) is 0 Å². The molecule has 0 heterocycles. The summed E-state index contributed by atoms with van der Waals surface area (Å²) < 4.78 is 5.09. The molecule has 0 aliphatic heterocycles. The van der Waals surface area contributed by atoms with Crippen molar-refractivity contribution in [2.75, 3.05) is 5.32 Å². The van der Waals surface area contributed by atoms with Gasteiger partial charge in [-0.15, -0.1) is 0 Å². The van der Waals surface area contributed by atoms with E-state index in [1.165, 1.54) is 0 Å². The van der Waals surface area contributed by atoms with Crippen LogP contribution in [0, 0.1) is 0 Å². The van der Waals surface area contributed by atoms with E-state index in [4.69, 9.17) is 16.3 Å². The van der Waals surface area contributed by atoms with Gasteiger partial charge in [0.2, 0.25) is 0 Å². The van der Waals surface area contributed by atoms with Crippen LogP contribution in [0.4, 0.5) is 10.5 Å². The maximum Gasteiger partial charge on any atom is 0.412 e. The molecule has 0 aliphatic rings. The van der Waals surface area contributed by atoms with Gasteiger partial charge in [0.05, 0.1) is 0 Å². The van der Waals surface area contributed by atoms with E-state index in [0.29, 0.717) is 10.7 Å². The van der Waals surface area contributed by atoms with Crippen molar-refractivity contribution in [3.05, 3.63) is 29.3 Å². The second-order valence-electron chi connectivity index (χ2n) is 4.14. The van der Waals surface area contributed by atoms with Crippen LogP contribution in [0.15, 0.2) is 24.3 Å². The molecule has 4 heteroatoms. The molecule has 0 fully saturated rings. The summed E-state index contributed by atoms with van der Waals surface area (Å²) in [5.41, 5.74) is 0.125. The smallest absolute Gasteiger partial charge is 0.412 e. The number of ether oxygens (including phenoxy) is 1. The number of amides is 1. The van der Waals surface area contributed by atoms with Crippen LogP contribution in [0.25, 0.3) is 0 Å². The zero-order chi connectivity index (χ0) is 11.5. The van der Waals surface area contributed by atoms with Gasteiger partial charge in [-0.1, -0.05) is 17.7 Å². The number of hydrogen-bond acceptors (Lipinski definition) is 2. The number of rotatable bonds is 1. The maximum atomic E-state index is 11.4. The molecule has 0 unspecified atom stereocenters. The second-order valence-corrected chi connectivity index (χ2v) is 4.57. The molecule has 1 aromatic carbocycles. The molecule has 0 saturated carbocycles. The van der Waals surface area contributed by atoms with Crippen molar-refractivity contribution in [2.24, 2.45) is 0 Å². The Bertz CT molecular complexity index is 358. The molecule has 0 aromatic heterocycles. The highest BCUT2D eigenvalue weighted by Crippen LogP contribution is 2.16. The summed E-state index contributed by atoms with van der Waals surface area (Å²) in [6.45, 7) is 5.43. The van der Waals surface area contributed by atoms with Crippen LogP contribution in [0.3, 0.4) is 0 Å². The second kappa shape index (κ2) is 4.53. The van der Waals surface area contributed by atoms with Crippen molar-refractivity contribution >= 4 is 23.4 Å². The summed E-state index contributed by atoms with van der Waals surface area (Å²) in [5.74, 6) is 0. The highest BCUT2D eigenvalue weighted by atomic mass is 35.5. The van der Waals surface area contributed by atoms with Crippen LogP contribution in [-0.2, 0) is 4.74 Å². The average Bonchev–Trinajstić information content (AvgIpc) is 1.99. The largest absolute Gasteiger partial charge is 0.444 e. The van der Waals surface area contributed by atoms with Gasteiger partial charge in [0, 0.05) is 10.7 Å². The number of halogens is 1. The molecule has 1 aromatic rings. The Balaban J connectivity index is 2.59. The first-order valence-corrected chi connectivity index (χ1v) is 5.00. The Hall–Kier alpha value is -1.22. The number of hydrogen-bond donors (Lipinski definition) is 1. The fourth-order valence-electron chi connectivity index (χ4n) is 0.988. The normalized spacial score (nSPS) is 10.9. The molecule has 0 bridgehead atoms. The Labute approximate surface area is 94.4 Å². The minimum atomic E-state index is -0.497. The van der Waals surface area contributed by atoms with Crippen molar-refractivity contribution in [3.63, 3.8) is 0 Å². The summed E-state index contributed by atoms with van der Waals surface area (Å²) in [7, 11) is 0. The molecule has 1 N–H and O–H groups in total.